The van der Waals surface area contributed by atoms with Crippen LogP contribution in [0, 0.1) is 0 Å². The molecule has 0 aliphatic rings. The van der Waals surface area contributed by atoms with Crippen molar-refractivity contribution in [3.63, 3.8) is 0 Å². The fourth-order valence-electron chi connectivity index (χ4n) is 2.06. The maximum absolute atomic E-state index is 12.3. The molecule has 8 heteroatoms. The summed E-state index contributed by atoms with van der Waals surface area (Å²) >= 11 is 0. The third-order valence-electron chi connectivity index (χ3n) is 3.08. The number of carbonyl (C=O) groups is 1. The van der Waals surface area contributed by atoms with E-state index in [2.05, 4.69) is 16.7 Å². The van der Waals surface area contributed by atoms with Crippen molar-refractivity contribution in [2.75, 3.05) is 0 Å². The third-order valence-corrected chi connectivity index (χ3v) is 4.56. The fraction of sp³-hybridized carbons (Fsp3) is 0.692. The Kier molecular flexibility index (Phi) is 6.83. The normalized spacial score (nSPS) is 13.2. The second-order valence-corrected chi connectivity index (χ2v) is 6.73. The number of aliphatic carboxylic acids is 1. The van der Waals surface area contributed by atoms with E-state index in [0.29, 0.717) is 0 Å². The Bertz CT molecular complexity index is 554. The molecule has 0 fully saturated rings. The van der Waals surface area contributed by atoms with E-state index in [1.54, 1.807) is 0 Å². The zero-order valence-electron chi connectivity index (χ0n) is 12.4. The molecular weight excluding hydrogens is 294 g/mol. The van der Waals surface area contributed by atoms with Gasteiger partial charge in [-0.2, -0.15) is 5.10 Å². The van der Waals surface area contributed by atoms with Gasteiger partial charge in [0.25, 0.3) is 0 Å². The molecule has 0 radical (unpaired) electrons. The molecule has 1 unspecified atom stereocenters. The molecule has 0 saturated heterocycles. The predicted octanol–water partition coefficient (Wildman–Crippen LogP) is 1.60. The Labute approximate surface area is 125 Å². The molecule has 0 amide bonds. The minimum atomic E-state index is -3.65. The summed E-state index contributed by atoms with van der Waals surface area (Å²) in [6.07, 6.45) is 6.86. The summed E-state index contributed by atoms with van der Waals surface area (Å²) in [5, 5.41) is 12.4. The minimum Gasteiger partial charge on any atom is -0.480 e. The van der Waals surface area contributed by atoms with Crippen molar-refractivity contribution in [3.05, 3.63) is 12.4 Å². The highest BCUT2D eigenvalue weighted by Crippen LogP contribution is 2.13. The van der Waals surface area contributed by atoms with Crippen molar-refractivity contribution in [1.29, 1.82) is 0 Å². The molecule has 0 saturated carbocycles. The minimum absolute atomic E-state index is 0.00125. The van der Waals surface area contributed by atoms with Crippen LogP contribution in [0.5, 0.6) is 0 Å². The Balaban J connectivity index is 2.78. The van der Waals surface area contributed by atoms with Gasteiger partial charge in [0.1, 0.15) is 11.4 Å². The van der Waals surface area contributed by atoms with Gasteiger partial charge < -0.3 is 5.11 Å². The van der Waals surface area contributed by atoms with E-state index in [1.807, 2.05) is 6.92 Å². The van der Waals surface area contributed by atoms with Gasteiger partial charge in [0.15, 0.2) is 0 Å². The van der Waals surface area contributed by atoms with Crippen molar-refractivity contribution < 1.29 is 18.3 Å². The van der Waals surface area contributed by atoms with Crippen LogP contribution in [0.4, 0.5) is 0 Å². The molecule has 1 aromatic heterocycles. The van der Waals surface area contributed by atoms with E-state index < -0.39 is 16.0 Å². The summed E-state index contributed by atoms with van der Waals surface area (Å²) in [7, 11) is -3.65. The number of sulfonamides is 1. The maximum Gasteiger partial charge on any atom is 0.325 e. The van der Waals surface area contributed by atoms with E-state index in [1.165, 1.54) is 12.4 Å². The SMILES string of the molecule is CCCCC(CCC)NS(=O)(=O)c1cnn(CC(=O)O)c1. The van der Waals surface area contributed by atoms with E-state index >= 15 is 0 Å². The van der Waals surface area contributed by atoms with Crippen LogP contribution < -0.4 is 4.72 Å². The zero-order chi connectivity index (χ0) is 15.9. The van der Waals surface area contributed by atoms with Gasteiger partial charge in [0.05, 0.1) is 6.20 Å². The van der Waals surface area contributed by atoms with E-state index in [9.17, 15) is 13.2 Å². The molecule has 1 rings (SSSR count). The predicted molar refractivity (Wildman–Crippen MR) is 78.4 cm³/mol. The van der Waals surface area contributed by atoms with Crippen molar-refractivity contribution in [2.24, 2.45) is 0 Å². The second kappa shape index (κ2) is 8.14. The lowest BCUT2D eigenvalue weighted by Gasteiger charge is -2.17. The van der Waals surface area contributed by atoms with E-state index in [0.717, 1.165) is 36.8 Å². The van der Waals surface area contributed by atoms with Gasteiger partial charge in [-0.1, -0.05) is 33.1 Å². The quantitative estimate of drug-likeness (QED) is 0.682. The molecular formula is C13H23N3O4S. The van der Waals surface area contributed by atoms with Crippen molar-refractivity contribution in [1.82, 2.24) is 14.5 Å². The smallest absolute Gasteiger partial charge is 0.325 e. The average Bonchev–Trinajstić information content (AvgIpc) is 2.84. The first-order valence-electron chi connectivity index (χ1n) is 7.15. The molecule has 0 aliphatic heterocycles. The first-order chi connectivity index (χ1) is 9.89. The lowest BCUT2D eigenvalue weighted by atomic mass is 10.1. The third kappa shape index (κ3) is 5.84. The number of nitrogens with zero attached hydrogens (tertiary/aromatic N) is 2. The van der Waals surface area contributed by atoms with Crippen LogP contribution >= 0.6 is 0 Å². The van der Waals surface area contributed by atoms with Gasteiger partial charge in [-0.25, -0.2) is 13.1 Å². The van der Waals surface area contributed by atoms with Crippen molar-refractivity contribution in [3.8, 4) is 0 Å². The number of carboxylic acid groups (broad SMARTS) is 1. The van der Waals surface area contributed by atoms with Gasteiger partial charge in [-0.05, 0) is 12.8 Å². The molecule has 0 aromatic carbocycles. The van der Waals surface area contributed by atoms with Crippen LogP contribution in [0.3, 0.4) is 0 Å². The maximum atomic E-state index is 12.3. The van der Waals surface area contributed by atoms with Crippen LogP contribution in [-0.2, 0) is 21.4 Å². The molecule has 1 aromatic rings. The fourth-order valence-corrected chi connectivity index (χ4v) is 3.31. The standard InChI is InChI=1S/C13H23N3O4S/c1-3-5-7-11(6-4-2)15-21(19,20)12-8-14-16(9-12)10-13(17)18/h8-9,11,15H,3-7,10H2,1-2H3,(H,17,18). The molecule has 0 bridgehead atoms. The Hall–Kier alpha value is -1.41. The molecule has 1 heterocycles. The summed E-state index contributed by atoms with van der Waals surface area (Å²) in [5.74, 6) is -1.07. The van der Waals surface area contributed by atoms with Gasteiger partial charge >= 0.3 is 5.97 Å². The summed E-state index contributed by atoms with van der Waals surface area (Å²) in [6.45, 7) is 3.72. The van der Waals surface area contributed by atoms with Gasteiger partial charge in [-0.15, -0.1) is 0 Å². The largest absolute Gasteiger partial charge is 0.480 e. The Morgan fingerprint density at radius 2 is 2.10 bits per heavy atom. The molecule has 0 aliphatic carbocycles. The van der Waals surface area contributed by atoms with Crippen LogP contribution in [0.2, 0.25) is 0 Å². The molecule has 1 atom stereocenters. The summed E-state index contributed by atoms with van der Waals surface area (Å²) in [4.78, 5) is 10.6. The van der Waals surface area contributed by atoms with E-state index in [4.69, 9.17) is 5.11 Å². The molecule has 7 nitrogen and oxygen atoms in total. The van der Waals surface area contributed by atoms with Crippen LogP contribution in [-0.4, -0.2) is 35.3 Å². The van der Waals surface area contributed by atoms with Gasteiger partial charge in [0.2, 0.25) is 10.0 Å². The summed E-state index contributed by atoms with van der Waals surface area (Å²) in [5.41, 5.74) is 0. The topological polar surface area (TPSA) is 101 Å². The zero-order valence-corrected chi connectivity index (χ0v) is 13.3. The van der Waals surface area contributed by atoms with E-state index in [-0.39, 0.29) is 17.5 Å². The lowest BCUT2D eigenvalue weighted by molar-refractivity contribution is -0.137. The number of nitrogens with one attached hydrogen (secondary N) is 1. The Morgan fingerprint density at radius 3 is 2.67 bits per heavy atom. The number of hydrogen-bond donors (Lipinski definition) is 2. The number of hydrogen-bond acceptors (Lipinski definition) is 4. The highest BCUT2D eigenvalue weighted by Gasteiger charge is 2.21. The number of rotatable bonds is 10. The van der Waals surface area contributed by atoms with Crippen LogP contribution in [0.1, 0.15) is 46.0 Å². The average molecular weight is 317 g/mol. The van der Waals surface area contributed by atoms with Gasteiger partial charge in [-0.3, -0.25) is 9.48 Å². The Morgan fingerprint density at radius 1 is 1.38 bits per heavy atom. The first-order valence-corrected chi connectivity index (χ1v) is 8.64. The van der Waals surface area contributed by atoms with Crippen LogP contribution in [0.25, 0.3) is 0 Å². The highest BCUT2D eigenvalue weighted by atomic mass is 32.2. The molecule has 0 spiro atoms. The van der Waals surface area contributed by atoms with Gasteiger partial charge in [0, 0.05) is 12.2 Å². The number of aromatic nitrogens is 2. The monoisotopic (exact) mass is 317 g/mol. The second-order valence-electron chi connectivity index (χ2n) is 5.02. The number of carboxylic acids is 1. The molecule has 21 heavy (non-hydrogen) atoms. The molecule has 120 valence electrons. The van der Waals surface area contributed by atoms with Crippen LogP contribution in [0.15, 0.2) is 17.3 Å². The number of unbranched alkanes of at least 4 members (excludes halogenated alkanes) is 1. The summed E-state index contributed by atoms with van der Waals surface area (Å²) in [6, 6.07) is -0.0947. The van der Waals surface area contributed by atoms with Crippen molar-refractivity contribution >= 4 is 16.0 Å². The molecule has 2 N–H and O–H groups in total. The highest BCUT2D eigenvalue weighted by molar-refractivity contribution is 7.89. The summed E-state index contributed by atoms with van der Waals surface area (Å²) < 4.78 is 28.3. The lowest BCUT2D eigenvalue weighted by Crippen LogP contribution is -2.34. The van der Waals surface area contributed by atoms with Crippen molar-refractivity contribution in [2.45, 2.75) is 63.4 Å². The first kappa shape index (κ1) is 17.6.